The van der Waals surface area contributed by atoms with E-state index in [4.69, 9.17) is 4.74 Å². The van der Waals surface area contributed by atoms with Crippen LogP contribution in [0.4, 0.5) is 5.69 Å². The molecule has 2 atom stereocenters. The van der Waals surface area contributed by atoms with Crippen molar-refractivity contribution < 1.29 is 9.53 Å². The number of carbonyl (C=O) groups is 1. The van der Waals surface area contributed by atoms with Crippen LogP contribution in [0.25, 0.3) is 0 Å². The van der Waals surface area contributed by atoms with Gasteiger partial charge in [-0.1, -0.05) is 62.4 Å². The highest BCUT2D eigenvalue weighted by Gasteiger charge is 2.45. The molecular formula is C19H21NO2. The average Bonchev–Trinajstić information content (AvgIpc) is 2.50. The number of nitrogens with one attached hydrogen (secondary N) is 1. The molecule has 1 aliphatic heterocycles. The number of esters is 1. The van der Waals surface area contributed by atoms with Crippen molar-refractivity contribution >= 4 is 11.7 Å². The third kappa shape index (κ3) is 2.47. The fraction of sp³-hybridized carbons (Fsp3) is 0.316. The zero-order chi connectivity index (χ0) is 15.7. The minimum atomic E-state index is -0.271. The van der Waals surface area contributed by atoms with Gasteiger partial charge in [-0.25, -0.2) is 0 Å². The van der Waals surface area contributed by atoms with Gasteiger partial charge in [-0.3, -0.25) is 4.79 Å². The van der Waals surface area contributed by atoms with Crippen LogP contribution in [0.5, 0.6) is 0 Å². The van der Waals surface area contributed by atoms with E-state index in [-0.39, 0.29) is 23.5 Å². The van der Waals surface area contributed by atoms with Gasteiger partial charge in [0.2, 0.25) is 0 Å². The van der Waals surface area contributed by atoms with Crippen molar-refractivity contribution in [3.05, 3.63) is 65.7 Å². The number of ether oxygens (including phenoxy) is 1. The molecule has 0 radical (unpaired) electrons. The van der Waals surface area contributed by atoms with E-state index in [1.807, 2.05) is 42.5 Å². The highest BCUT2D eigenvalue weighted by Crippen LogP contribution is 2.52. The number of carbonyl (C=O) groups excluding carboxylic acids is 1. The number of rotatable bonds is 2. The van der Waals surface area contributed by atoms with E-state index in [0.29, 0.717) is 0 Å². The van der Waals surface area contributed by atoms with Gasteiger partial charge in [-0.05, 0) is 11.6 Å². The summed E-state index contributed by atoms with van der Waals surface area (Å²) in [5.74, 6) is -0.249. The molecule has 0 unspecified atom stereocenters. The molecule has 0 bridgehead atoms. The topological polar surface area (TPSA) is 38.3 Å². The third-order valence-corrected chi connectivity index (χ3v) is 4.38. The molecule has 1 aliphatic rings. The van der Waals surface area contributed by atoms with Crippen molar-refractivity contribution in [2.45, 2.75) is 32.9 Å². The van der Waals surface area contributed by atoms with E-state index >= 15 is 0 Å². The van der Waals surface area contributed by atoms with E-state index in [9.17, 15) is 4.79 Å². The lowest BCUT2D eigenvalue weighted by molar-refractivity contribution is -0.154. The van der Waals surface area contributed by atoms with Crippen molar-refractivity contribution in [3.8, 4) is 0 Å². The number of para-hydroxylation sites is 1. The summed E-state index contributed by atoms with van der Waals surface area (Å²) >= 11 is 0. The summed E-state index contributed by atoms with van der Waals surface area (Å²) in [4.78, 5) is 11.6. The van der Waals surface area contributed by atoms with Crippen LogP contribution in [-0.4, -0.2) is 5.97 Å². The molecule has 0 saturated carbocycles. The first-order valence-electron chi connectivity index (χ1n) is 7.58. The SMILES string of the molecule is CC(=O)O[C@@H]1c2ccccc2N[C@H](c2ccccc2)C1(C)C. The Hall–Kier alpha value is -2.29. The predicted molar refractivity (Wildman–Crippen MR) is 87.5 cm³/mol. The first kappa shape index (κ1) is 14.6. The molecule has 3 rings (SSSR count). The zero-order valence-electron chi connectivity index (χ0n) is 13.2. The maximum Gasteiger partial charge on any atom is 0.303 e. The molecule has 0 spiro atoms. The summed E-state index contributed by atoms with van der Waals surface area (Å²) < 4.78 is 5.71. The van der Waals surface area contributed by atoms with E-state index < -0.39 is 0 Å². The Kier molecular flexibility index (Phi) is 3.65. The van der Waals surface area contributed by atoms with Crippen LogP contribution in [0.1, 0.15) is 44.0 Å². The zero-order valence-corrected chi connectivity index (χ0v) is 13.2. The Morgan fingerprint density at radius 1 is 1.05 bits per heavy atom. The minimum Gasteiger partial charge on any atom is -0.457 e. The van der Waals surface area contributed by atoms with Gasteiger partial charge in [0.1, 0.15) is 6.10 Å². The second-order valence-corrected chi connectivity index (χ2v) is 6.39. The van der Waals surface area contributed by atoms with E-state index in [1.54, 1.807) is 0 Å². The van der Waals surface area contributed by atoms with Gasteiger partial charge in [0.05, 0.1) is 6.04 Å². The van der Waals surface area contributed by atoms with Gasteiger partial charge >= 0.3 is 5.97 Å². The smallest absolute Gasteiger partial charge is 0.303 e. The molecule has 0 fully saturated rings. The molecule has 0 saturated heterocycles. The maximum atomic E-state index is 11.6. The molecule has 22 heavy (non-hydrogen) atoms. The van der Waals surface area contributed by atoms with Gasteiger partial charge in [-0.15, -0.1) is 0 Å². The summed E-state index contributed by atoms with van der Waals surface area (Å²) in [6.07, 6.45) is -0.271. The second kappa shape index (κ2) is 5.48. The summed E-state index contributed by atoms with van der Waals surface area (Å²) in [6.45, 7) is 5.75. The summed E-state index contributed by atoms with van der Waals surface area (Å²) in [7, 11) is 0. The van der Waals surface area contributed by atoms with Gasteiger partial charge < -0.3 is 10.1 Å². The first-order valence-corrected chi connectivity index (χ1v) is 7.58. The van der Waals surface area contributed by atoms with Crippen LogP contribution in [0.15, 0.2) is 54.6 Å². The largest absolute Gasteiger partial charge is 0.457 e. The van der Waals surface area contributed by atoms with Crippen LogP contribution in [0.2, 0.25) is 0 Å². The predicted octanol–water partition coefficient (Wildman–Crippen LogP) is 4.48. The molecule has 0 aliphatic carbocycles. The molecule has 114 valence electrons. The molecule has 1 N–H and O–H groups in total. The van der Waals surface area contributed by atoms with Crippen molar-refractivity contribution in [3.63, 3.8) is 0 Å². The average molecular weight is 295 g/mol. The van der Waals surface area contributed by atoms with Gasteiger partial charge in [-0.2, -0.15) is 0 Å². The molecule has 3 nitrogen and oxygen atoms in total. The number of hydrogen-bond donors (Lipinski definition) is 1. The van der Waals surface area contributed by atoms with Gasteiger partial charge in [0, 0.05) is 23.6 Å². The monoisotopic (exact) mass is 295 g/mol. The molecule has 0 aromatic heterocycles. The quantitative estimate of drug-likeness (QED) is 0.830. The standard InChI is InChI=1S/C19H21NO2/c1-13(21)22-18-15-11-7-8-12-16(15)20-17(19(18,2)3)14-9-5-4-6-10-14/h4-12,17-18,20H,1-3H3/t17-,18-/m1/s1. The third-order valence-electron chi connectivity index (χ3n) is 4.38. The number of benzene rings is 2. The normalized spacial score (nSPS) is 22.3. The highest BCUT2D eigenvalue weighted by molar-refractivity contribution is 5.68. The molecule has 1 heterocycles. The highest BCUT2D eigenvalue weighted by atomic mass is 16.5. The summed E-state index contributed by atoms with van der Waals surface area (Å²) in [5.41, 5.74) is 3.00. The Morgan fingerprint density at radius 3 is 2.36 bits per heavy atom. The maximum absolute atomic E-state index is 11.6. The Bertz CT molecular complexity index is 679. The van der Waals surface area contributed by atoms with Crippen molar-refractivity contribution in [2.24, 2.45) is 5.41 Å². The van der Waals surface area contributed by atoms with Crippen LogP contribution in [0.3, 0.4) is 0 Å². The van der Waals surface area contributed by atoms with E-state index in [2.05, 4.69) is 31.3 Å². The summed E-state index contributed by atoms with van der Waals surface area (Å²) in [6, 6.07) is 18.4. The van der Waals surface area contributed by atoms with Crippen LogP contribution >= 0.6 is 0 Å². The minimum absolute atomic E-state index is 0.0768. The molecule has 0 amide bonds. The van der Waals surface area contributed by atoms with E-state index in [1.165, 1.54) is 12.5 Å². The second-order valence-electron chi connectivity index (χ2n) is 6.39. The van der Waals surface area contributed by atoms with Crippen molar-refractivity contribution in [2.75, 3.05) is 5.32 Å². The Morgan fingerprint density at radius 2 is 1.68 bits per heavy atom. The Balaban J connectivity index is 2.10. The molecule has 2 aromatic rings. The van der Waals surface area contributed by atoms with Crippen LogP contribution in [-0.2, 0) is 9.53 Å². The molecule has 2 aromatic carbocycles. The first-order chi connectivity index (χ1) is 10.5. The molecular weight excluding hydrogens is 274 g/mol. The lowest BCUT2D eigenvalue weighted by atomic mass is 9.70. The fourth-order valence-corrected chi connectivity index (χ4v) is 3.29. The van der Waals surface area contributed by atoms with Crippen molar-refractivity contribution in [1.29, 1.82) is 0 Å². The molecule has 3 heteroatoms. The number of hydrogen-bond acceptors (Lipinski definition) is 3. The van der Waals surface area contributed by atoms with Crippen molar-refractivity contribution in [1.82, 2.24) is 0 Å². The lowest BCUT2D eigenvalue weighted by Gasteiger charge is -2.46. The lowest BCUT2D eigenvalue weighted by Crippen LogP contribution is -2.40. The van der Waals surface area contributed by atoms with Gasteiger partial charge in [0.15, 0.2) is 0 Å². The number of fused-ring (bicyclic) bond motifs is 1. The fourth-order valence-electron chi connectivity index (χ4n) is 3.29. The Labute approximate surface area is 131 Å². The van der Waals surface area contributed by atoms with Crippen LogP contribution < -0.4 is 5.32 Å². The summed E-state index contributed by atoms with van der Waals surface area (Å²) in [5, 5.41) is 3.62. The van der Waals surface area contributed by atoms with Gasteiger partial charge in [0.25, 0.3) is 0 Å². The number of anilines is 1. The van der Waals surface area contributed by atoms with Crippen LogP contribution in [0, 0.1) is 5.41 Å². The van der Waals surface area contributed by atoms with E-state index in [0.717, 1.165) is 11.3 Å².